The Kier molecular flexibility index (Phi) is 16.3. The zero-order valence-corrected chi connectivity index (χ0v) is 20.4. The number of hydrogen-bond acceptors (Lipinski definition) is 3. The van der Waals surface area contributed by atoms with E-state index in [2.05, 4.69) is 19.1 Å². The lowest BCUT2D eigenvalue weighted by Crippen LogP contribution is -2.01. The first kappa shape index (κ1) is 28.8. The van der Waals surface area contributed by atoms with Gasteiger partial charge in [-0.3, -0.25) is 0 Å². The van der Waals surface area contributed by atoms with Gasteiger partial charge in [0, 0.05) is 5.57 Å². The maximum atomic E-state index is 11.4. The molecule has 0 aliphatic heterocycles. The van der Waals surface area contributed by atoms with Gasteiger partial charge in [-0.15, -0.1) is 0 Å². The van der Waals surface area contributed by atoms with Crippen molar-refractivity contribution in [1.29, 1.82) is 0 Å². The van der Waals surface area contributed by atoms with Crippen LogP contribution in [0.5, 0.6) is 11.5 Å². The second-order valence-electron chi connectivity index (χ2n) is 8.20. The molecule has 0 saturated carbocycles. The third-order valence-corrected chi connectivity index (χ3v) is 5.29. The first-order chi connectivity index (χ1) is 16.5. The van der Waals surface area contributed by atoms with E-state index in [-0.39, 0.29) is 17.1 Å². The number of aliphatic carboxylic acids is 1. The predicted octanol–water partition coefficient (Wildman–Crippen LogP) is 7.96. The number of rotatable bonds is 17. The van der Waals surface area contributed by atoms with Crippen LogP contribution in [-0.2, 0) is 11.2 Å². The summed E-state index contributed by atoms with van der Waals surface area (Å²) in [7, 11) is 0. The van der Waals surface area contributed by atoms with E-state index in [1.165, 1.54) is 57.1 Å². The second-order valence-corrected chi connectivity index (χ2v) is 8.20. The fourth-order valence-corrected chi connectivity index (χ4v) is 3.28. The maximum Gasteiger partial charge on any atom is 0.331 e. The van der Waals surface area contributed by atoms with Gasteiger partial charge in [-0.05, 0) is 43.4 Å². The molecular weight excluding hydrogens is 424 g/mol. The normalized spacial score (nSPS) is 12.9. The molecule has 34 heavy (non-hydrogen) atoms. The molecule has 0 aliphatic rings. The molecule has 3 N–H and O–H groups in total. The van der Waals surface area contributed by atoms with E-state index in [1.807, 2.05) is 36.5 Å². The fourth-order valence-electron chi connectivity index (χ4n) is 3.28. The number of carboxylic acid groups (broad SMARTS) is 1. The van der Waals surface area contributed by atoms with Gasteiger partial charge >= 0.3 is 5.97 Å². The number of aromatic hydroxyl groups is 2. The molecule has 0 amide bonds. The zero-order valence-electron chi connectivity index (χ0n) is 20.4. The average Bonchev–Trinajstić information content (AvgIpc) is 2.82. The summed E-state index contributed by atoms with van der Waals surface area (Å²) < 4.78 is 0. The topological polar surface area (TPSA) is 77.8 Å². The van der Waals surface area contributed by atoms with Crippen LogP contribution in [0.1, 0.15) is 70.3 Å². The van der Waals surface area contributed by atoms with Gasteiger partial charge < -0.3 is 15.3 Å². The first-order valence-corrected chi connectivity index (χ1v) is 12.3. The standard InChI is InChI=1S/C30H40O4/c1-2-3-4-5-6-7-8-9-10-11-12-13-14-15-16-17-18-19-20-27(30(33)34)23-21-26-22-24-28(31)29(32)25-26/h10-20,22,24-25,31-32H,2-9,21,23H2,1H3,(H,33,34)/b11-10+,13-12+,15-14+,17-16+,19-18+,27-20+. The molecule has 184 valence electrons. The molecular formula is C30H40O4. The maximum absolute atomic E-state index is 11.4. The molecule has 1 aromatic rings. The molecule has 0 saturated heterocycles. The quantitative estimate of drug-likeness (QED) is 0.0945. The number of benzene rings is 1. The fraction of sp³-hybridized carbons (Fsp3) is 0.367. The van der Waals surface area contributed by atoms with Crippen LogP contribution in [0, 0.1) is 0 Å². The number of aryl methyl sites for hydroxylation is 1. The lowest BCUT2D eigenvalue weighted by Gasteiger charge is -2.04. The summed E-state index contributed by atoms with van der Waals surface area (Å²) in [5, 5.41) is 28.2. The Bertz CT molecular complexity index is 885. The van der Waals surface area contributed by atoms with Crippen molar-refractivity contribution in [3.05, 3.63) is 96.2 Å². The highest BCUT2D eigenvalue weighted by Gasteiger charge is 2.07. The average molecular weight is 465 g/mol. The van der Waals surface area contributed by atoms with E-state index in [0.717, 1.165) is 12.0 Å². The van der Waals surface area contributed by atoms with Crippen molar-refractivity contribution in [3.8, 4) is 11.5 Å². The summed E-state index contributed by atoms with van der Waals surface area (Å²) in [6.45, 7) is 2.25. The summed E-state index contributed by atoms with van der Waals surface area (Å²) in [5.74, 6) is -1.36. The van der Waals surface area contributed by atoms with E-state index in [4.69, 9.17) is 0 Å². The number of phenolic OH excluding ortho intramolecular Hbond substituents is 2. The Balaban J connectivity index is 2.28. The van der Waals surface area contributed by atoms with Crippen LogP contribution >= 0.6 is 0 Å². The lowest BCUT2D eigenvalue weighted by molar-refractivity contribution is -0.132. The van der Waals surface area contributed by atoms with Gasteiger partial charge in [-0.25, -0.2) is 4.79 Å². The Morgan fingerprint density at radius 1 is 0.765 bits per heavy atom. The van der Waals surface area contributed by atoms with Crippen LogP contribution in [0.2, 0.25) is 0 Å². The third kappa shape index (κ3) is 14.7. The van der Waals surface area contributed by atoms with Crippen molar-refractivity contribution in [2.45, 2.75) is 71.1 Å². The van der Waals surface area contributed by atoms with Crippen molar-refractivity contribution in [3.63, 3.8) is 0 Å². The van der Waals surface area contributed by atoms with Crippen molar-refractivity contribution in [2.24, 2.45) is 0 Å². The van der Waals surface area contributed by atoms with E-state index in [1.54, 1.807) is 24.3 Å². The lowest BCUT2D eigenvalue weighted by atomic mass is 10.0. The summed E-state index contributed by atoms with van der Waals surface area (Å²) in [6.07, 6.45) is 32.2. The van der Waals surface area contributed by atoms with Gasteiger partial charge in [0.1, 0.15) is 0 Å². The molecule has 4 heteroatoms. The second kappa shape index (κ2) is 19.2. The number of phenols is 2. The van der Waals surface area contributed by atoms with Crippen LogP contribution in [0.3, 0.4) is 0 Å². The number of hydrogen-bond donors (Lipinski definition) is 3. The van der Waals surface area contributed by atoms with Gasteiger partial charge in [0.15, 0.2) is 11.5 Å². The summed E-state index contributed by atoms with van der Waals surface area (Å²) in [6, 6.07) is 4.51. The van der Waals surface area contributed by atoms with Gasteiger partial charge in [0.2, 0.25) is 0 Å². The monoisotopic (exact) mass is 464 g/mol. The molecule has 0 atom stereocenters. The largest absolute Gasteiger partial charge is 0.504 e. The molecule has 1 aromatic carbocycles. The molecule has 0 radical (unpaired) electrons. The third-order valence-electron chi connectivity index (χ3n) is 5.29. The van der Waals surface area contributed by atoms with Crippen molar-refractivity contribution < 1.29 is 20.1 Å². The molecule has 0 bridgehead atoms. The predicted molar refractivity (Wildman–Crippen MR) is 142 cm³/mol. The zero-order chi connectivity index (χ0) is 24.9. The van der Waals surface area contributed by atoms with E-state index in [0.29, 0.717) is 12.8 Å². The van der Waals surface area contributed by atoms with E-state index >= 15 is 0 Å². The smallest absolute Gasteiger partial charge is 0.331 e. The highest BCUT2D eigenvalue weighted by atomic mass is 16.4. The van der Waals surface area contributed by atoms with Crippen LogP contribution in [0.4, 0.5) is 0 Å². The highest BCUT2D eigenvalue weighted by molar-refractivity contribution is 5.86. The number of carboxylic acids is 1. The summed E-state index contributed by atoms with van der Waals surface area (Å²) >= 11 is 0. The minimum absolute atomic E-state index is 0.188. The Hall–Kier alpha value is -3.27. The van der Waals surface area contributed by atoms with Crippen LogP contribution in [0.15, 0.2) is 90.6 Å². The molecule has 0 heterocycles. The molecule has 4 nitrogen and oxygen atoms in total. The van der Waals surface area contributed by atoms with Crippen molar-refractivity contribution in [1.82, 2.24) is 0 Å². The minimum atomic E-state index is -0.971. The van der Waals surface area contributed by atoms with Crippen molar-refractivity contribution in [2.75, 3.05) is 0 Å². The first-order valence-electron chi connectivity index (χ1n) is 12.3. The van der Waals surface area contributed by atoms with Gasteiger partial charge in [0.25, 0.3) is 0 Å². The van der Waals surface area contributed by atoms with Crippen LogP contribution < -0.4 is 0 Å². The van der Waals surface area contributed by atoms with E-state index in [9.17, 15) is 20.1 Å². The Labute approximate surface area is 205 Å². The Morgan fingerprint density at radius 3 is 1.97 bits per heavy atom. The molecule has 1 rings (SSSR count). The Morgan fingerprint density at radius 2 is 1.35 bits per heavy atom. The van der Waals surface area contributed by atoms with Gasteiger partial charge in [-0.1, -0.05) is 118 Å². The molecule has 0 spiro atoms. The van der Waals surface area contributed by atoms with Gasteiger partial charge in [0.05, 0.1) is 0 Å². The molecule has 0 unspecified atom stereocenters. The van der Waals surface area contributed by atoms with Gasteiger partial charge in [-0.2, -0.15) is 0 Å². The number of allylic oxidation sites excluding steroid dienone is 11. The highest BCUT2D eigenvalue weighted by Crippen LogP contribution is 2.25. The minimum Gasteiger partial charge on any atom is -0.504 e. The van der Waals surface area contributed by atoms with Crippen LogP contribution in [0.25, 0.3) is 0 Å². The van der Waals surface area contributed by atoms with E-state index < -0.39 is 5.97 Å². The summed E-state index contributed by atoms with van der Waals surface area (Å²) in [4.78, 5) is 11.4. The molecule has 0 aliphatic carbocycles. The number of carbonyl (C=O) groups is 1. The number of unbranched alkanes of at least 4 members (excludes halogenated alkanes) is 7. The summed E-state index contributed by atoms with van der Waals surface area (Å²) in [5.41, 5.74) is 1.04. The molecule has 0 aromatic heterocycles. The SMILES string of the molecule is CCCCCCCCC/C=C/C=C/C=C/C=C/C=C/C=C(\CCc1ccc(O)c(O)c1)C(=O)O. The molecule has 0 fully saturated rings. The van der Waals surface area contributed by atoms with Crippen LogP contribution in [-0.4, -0.2) is 21.3 Å². The van der Waals surface area contributed by atoms with Crippen molar-refractivity contribution >= 4 is 5.97 Å².